The van der Waals surface area contributed by atoms with Gasteiger partial charge in [-0.1, -0.05) is 108 Å². The van der Waals surface area contributed by atoms with Gasteiger partial charge in [0.2, 0.25) is 0 Å². The van der Waals surface area contributed by atoms with E-state index in [1.165, 1.54) is 12.1 Å². The van der Waals surface area contributed by atoms with Crippen LogP contribution in [0.2, 0.25) is 10.0 Å². The molecule has 0 spiro atoms. The van der Waals surface area contributed by atoms with Crippen LogP contribution in [0.3, 0.4) is 0 Å². The molecular weight excluding hydrogens is 567 g/mol. The molecule has 0 unspecified atom stereocenters. The van der Waals surface area contributed by atoms with Gasteiger partial charge in [0.15, 0.2) is 0 Å². The minimum Gasteiger partial charge on any atom is -0.282 e. The Morgan fingerprint density at radius 1 is 0.579 bits per heavy atom. The molecule has 0 saturated carbocycles. The summed E-state index contributed by atoms with van der Waals surface area (Å²) < 4.78 is 68.4. The van der Waals surface area contributed by atoms with E-state index < -0.39 is 30.0 Å². The molecule has 194 valence electrons. The van der Waals surface area contributed by atoms with Crippen molar-refractivity contribution in [3.8, 4) is 11.1 Å². The molecule has 0 aliphatic rings. The molecule has 10 heteroatoms. The quantitative estimate of drug-likeness (QED) is 0.171. The summed E-state index contributed by atoms with van der Waals surface area (Å²) in [5.74, 6) is 0. The highest BCUT2D eigenvalue weighted by Crippen LogP contribution is 2.41. The first-order chi connectivity index (χ1) is 17.9. The zero-order valence-electron chi connectivity index (χ0n) is 19.5. The maximum absolute atomic E-state index is 12.6. The summed E-state index contributed by atoms with van der Waals surface area (Å²) in [4.78, 5) is -0.930. The van der Waals surface area contributed by atoms with Crippen molar-refractivity contribution in [1.82, 2.24) is 0 Å². The maximum atomic E-state index is 12.6. The van der Waals surface area contributed by atoms with Gasteiger partial charge in [-0.2, -0.15) is 16.8 Å². The summed E-state index contributed by atoms with van der Waals surface area (Å²) in [6.07, 6.45) is 6.51. The van der Waals surface area contributed by atoms with E-state index in [1.54, 1.807) is 18.2 Å². The highest BCUT2D eigenvalue weighted by molar-refractivity contribution is 7.86. The van der Waals surface area contributed by atoms with E-state index in [0.717, 1.165) is 29.3 Å². The lowest BCUT2D eigenvalue weighted by Gasteiger charge is -2.16. The fourth-order valence-electron chi connectivity index (χ4n) is 3.77. The van der Waals surface area contributed by atoms with Crippen LogP contribution < -0.4 is 0 Å². The average Bonchev–Trinajstić information content (AvgIpc) is 2.87. The lowest BCUT2D eigenvalue weighted by Crippen LogP contribution is -2.05. The summed E-state index contributed by atoms with van der Waals surface area (Å²) in [6.45, 7) is 0. The Bertz CT molecular complexity index is 1770. The molecule has 6 nitrogen and oxygen atoms in total. The predicted octanol–water partition coefficient (Wildman–Crippen LogP) is 7.49. The molecule has 0 aromatic heterocycles. The van der Waals surface area contributed by atoms with E-state index in [0.29, 0.717) is 0 Å². The van der Waals surface area contributed by atoms with E-state index in [4.69, 9.17) is 23.2 Å². The van der Waals surface area contributed by atoms with E-state index in [1.807, 2.05) is 60.7 Å². The monoisotopic (exact) mass is 586 g/mol. The molecule has 0 saturated heterocycles. The van der Waals surface area contributed by atoms with Gasteiger partial charge in [-0.05, 0) is 35.4 Å². The first-order valence-electron chi connectivity index (χ1n) is 11.0. The van der Waals surface area contributed by atoms with E-state index in [-0.39, 0.29) is 32.3 Å². The lowest BCUT2D eigenvalue weighted by atomic mass is 9.97. The third kappa shape index (κ3) is 6.42. The normalized spacial score (nSPS) is 12.4. The SMILES string of the molecule is O=S(=O)(O)c1ccc(Cl)c(-c2cc(S(=O)(=O)O)c(C=Cc3ccccc3)c(C=Cc3ccccc3)c2Cl)c1. The van der Waals surface area contributed by atoms with Crippen LogP contribution in [0.1, 0.15) is 22.3 Å². The second-order valence-corrected chi connectivity index (χ2v) is 11.7. The van der Waals surface area contributed by atoms with Crippen molar-refractivity contribution in [3.63, 3.8) is 0 Å². The fourth-order valence-corrected chi connectivity index (χ4v) is 5.54. The molecule has 4 aromatic carbocycles. The van der Waals surface area contributed by atoms with Gasteiger partial charge in [0, 0.05) is 27.3 Å². The number of rotatable bonds is 7. The summed E-state index contributed by atoms with van der Waals surface area (Å²) in [5, 5.41) is 0.0952. The van der Waals surface area contributed by atoms with Crippen LogP contribution in [0.4, 0.5) is 0 Å². The van der Waals surface area contributed by atoms with E-state index in [2.05, 4.69) is 0 Å². The van der Waals surface area contributed by atoms with Crippen LogP contribution in [-0.4, -0.2) is 25.9 Å². The van der Waals surface area contributed by atoms with Crippen LogP contribution >= 0.6 is 23.2 Å². The molecule has 0 aliphatic heterocycles. The Morgan fingerprint density at radius 3 is 1.61 bits per heavy atom. The van der Waals surface area contributed by atoms with Crippen molar-refractivity contribution in [2.24, 2.45) is 0 Å². The van der Waals surface area contributed by atoms with Gasteiger partial charge in [-0.25, -0.2) is 0 Å². The minimum atomic E-state index is -4.80. The largest absolute Gasteiger partial charge is 0.295 e. The van der Waals surface area contributed by atoms with Gasteiger partial charge in [-0.3, -0.25) is 9.11 Å². The molecule has 0 amide bonds. The number of hydrogen-bond donors (Lipinski definition) is 2. The third-order valence-corrected chi connectivity index (χ3v) is 8.07. The fraction of sp³-hybridized carbons (Fsp3) is 0. The van der Waals surface area contributed by atoms with Gasteiger partial charge in [0.25, 0.3) is 20.2 Å². The van der Waals surface area contributed by atoms with Crippen LogP contribution in [0.5, 0.6) is 0 Å². The van der Waals surface area contributed by atoms with E-state index >= 15 is 0 Å². The first-order valence-corrected chi connectivity index (χ1v) is 14.7. The average molecular weight is 588 g/mol. The smallest absolute Gasteiger partial charge is 0.282 e. The molecule has 0 bridgehead atoms. The number of hydrogen-bond acceptors (Lipinski definition) is 4. The minimum absolute atomic E-state index is 0.0411. The topological polar surface area (TPSA) is 109 Å². The Hall–Kier alpha value is -3.24. The molecule has 0 heterocycles. The van der Waals surface area contributed by atoms with Crippen molar-refractivity contribution in [2.45, 2.75) is 9.79 Å². The summed E-state index contributed by atoms with van der Waals surface area (Å²) in [5.41, 5.74) is 2.01. The van der Waals surface area contributed by atoms with Crippen molar-refractivity contribution in [3.05, 3.63) is 117 Å². The Balaban J connectivity index is 2.05. The van der Waals surface area contributed by atoms with E-state index in [9.17, 15) is 25.9 Å². The molecule has 0 fully saturated rings. The highest BCUT2D eigenvalue weighted by Gasteiger charge is 2.24. The van der Waals surface area contributed by atoms with Crippen molar-refractivity contribution >= 4 is 67.7 Å². The molecular formula is C28H20Cl2O6S2. The maximum Gasteiger partial charge on any atom is 0.295 e. The van der Waals surface area contributed by atoms with Gasteiger partial charge >= 0.3 is 0 Å². The van der Waals surface area contributed by atoms with Crippen LogP contribution in [0.25, 0.3) is 35.4 Å². The molecule has 4 rings (SSSR count). The summed E-state index contributed by atoms with van der Waals surface area (Å²) >= 11 is 13.2. The Morgan fingerprint density at radius 2 is 1.11 bits per heavy atom. The standard InChI is InChI=1S/C28H20Cl2O6S2/c29-26-16-13-21(37(31,32)33)17-24(26)25-18-27(38(34,35)36)22(14-11-19-7-3-1-4-8-19)23(28(25)30)15-12-20-9-5-2-6-10-20/h1-18H,(H,31,32,33)(H,34,35,36). The van der Waals surface area contributed by atoms with Gasteiger partial charge in [0.05, 0.1) is 9.92 Å². The molecule has 4 aromatic rings. The predicted molar refractivity (Wildman–Crippen MR) is 152 cm³/mol. The van der Waals surface area contributed by atoms with Gasteiger partial charge < -0.3 is 0 Å². The molecule has 0 radical (unpaired) electrons. The van der Waals surface area contributed by atoms with Gasteiger partial charge in [0.1, 0.15) is 4.90 Å². The Labute approximate surface area is 231 Å². The van der Waals surface area contributed by atoms with Crippen LogP contribution in [0, 0.1) is 0 Å². The second kappa shape index (κ2) is 11.2. The zero-order chi connectivity index (χ0) is 27.5. The van der Waals surface area contributed by atoms with Crippen molar-refractivity contribution in [2.75, 3.05) is 0 Å². The summed E-state index contributed by atoms with van der Waals surface area (Å²) in [7, 11) is -9.40. The molecule has 0 atom stereocenters. The van der Waals surface area contributed by atoms with Crippen LogP contribution in [-0.2, 0) is 20.2 Å². The molecule has 0 aliphatic carbocycles. The summed E-state index contributed by atoms with van der Waals surface area (Å²) in [6, 6.07) is 22.8. The zero-order valence-corrected chi connectivity index (χ0v) is 22.6. The first kappa shape index (κ1) is 27.8. The molecule has 2 N–H and O–H groups in total. The lowest BCUT2D eigenvalue weighted by molar-refractivity contribution is 0.480. The van der Waals surface area contributed by atoms with Crippen molar-refractivity contribution in [1.29, 1.82) is 0 Å². The third-order valence-electron chi connectivity index (χ3n) is 5.59. The number of benzene rings is 4. The van der Waals surface area contributed by atoms with Crippen LogP contribution in [0.15, 0.2) is 94.7 Å². The highest BCUT2D eigenvalue weighted by atomic mass is 35.5. The Kier molecular flexibility index (Phi) is 8.22. The molecule has 38 heavy (non-hydrogen) atoms. The van der Waals surface area contributed by atoms with Crippen molar-refractivity contribution < 1.29 is 25.9 Å². The number of halogens is 2. The second-order valence-electron chi connectivity index (χ2n) is 8.14. The van der Waals surface area contributed by atoms with Gasteiger partial charge in [-0.15, -0.1) is 0 Å².